The molecule has 3 aromatic rings. The van der Waals surface area contributed by atoms with Gasteiger partial charge in [-0.25, -0.2) is 4.39 Å². The Balaban J connectivity index is 1.63. The van der Waals surface area contributed by atoms with Crippen molar-refractivity contribution in [3.63, 3.8) is 0 Å². The number of amides is 1. The van der Waals surface area contributed by atoms with E-state index in [1.165, 1.54) is 36.0 Å². The first kappa shape index (κ1) is 19.9. The fourth-order valence-corrected chi connectivity index (χ4v) is 3.64. The first-order valence-electron chi connectivity index (χ1n) is 8.87. The zero-order valence-corrected chi connectivity index (χ0v) is 16.5. The quantitative estimate of drug-likeness (QED) is 0.573. The number of aromatic nitrogens is 3. The summed E-state index contributed by atoms with van der Waals surface area (Å²) < 4.78 is 20.3. The number of nitrogens with one attached hydrogen (secondary N) is 1. The van der Waals surface area contributed by atoms with Gasteiger partial charge < -0.3 is 14.6 Å². The van der Waals surface area contributed by atoms with Crippen LogP contribution in [0.15, 0.2) is 53.7 Å². The van der Waals surface area contributed by atoms with Crippen LogP contribution >= 0.6 is 11.8 Å². The lowest BCUT2D eigenvalue weighted by Gasteiger charge is -2.10. The summed E-state index contributed by atoms with van der Waals surface area (Å²) in [5.74, 6) is 1.56. The predicted octanol–water partition coefficient (Wildman–Crippen LogP) is 4.23. The minimum absolute atomic E-state index is 0.133. The number of carbonyl (C=O) groups excluding carboxylic acids is 1. The van der Waals surface area contributed by atoms with Crippen LogP contribution in [0.5, 0.6) is 5.75 Å². The fourth-order valence-electron chi connectivity index (χ4n) is 2.70. The van der Waals surface area contributed by atoms with Crippen LogP contribution < -0.4 is 10.1 Å². The number of anilines is 1. The second-order valence-electron chi connectivity index (χ2n) is 5.90. The van der Waals surface area contributed by atoms with Crippen molar-refractivity contribution in [3.05, 3.63) is 54.3 Å². The molecule has 0 fully saturated rings. The number of hydrogen-bond acceptors (Lipinski definition) is 5. The molecule has 146 valence electrons. The number of nitrogens with zero attached hydrogens (tertiary/aromatic N) is 3. The zero-order valence-electron chi connectivity index (χ0n) is 15.7. The number of para-hydroxylation sites is 1. The zero-order chi connectivity index (χ0) is 19.9. The van der Waals surface area contributed by atoms with Gasteiger partial charge in [-0.15, -0.1) is 10.2 Å². The number of benzene rings is 2. The van der Waals surface area contributed by atoms with E-state index in [0.717, 1.165) is 22.3 Å². The van der Waals surface area contributed by atoms with Gasteiger partial charge in [0.05, 0.1) is 12.7 Å². The van der Waals surface area contributed by atoms with Gasteiger partial charge in [0.25, 0.3) is 0 Å². The molecule has 6 nitrogen and oxygen atoms in total. The summed E-state index contributed by atoms with van der Waals surface area (Å²) in [6.45, 7) is 2.72. The molecule has 8 heteroatoms. The number of thioether (sulfide) groups is 1. The van der Waals surface area contributed by atoms with Gasteiger partial charge in [0.15, 0.2) is 11.0 Å². The van der Waals surface area contributed by atoms with Crippen LogP contribution in [-0.2, 0) is 11.3 Å². The highest BCUT2D eigenvalue weighted by molar-refractivity contribution is 7.99. The molecule has 0 aliphatic carbocycles. The largest absolute Gasteiger partial charge is 0.496 e. The Kier molecular flexibility index (Phi) is 6.65. The Labute approximate surface area is 167 Å². The van der Waals surface area contributed by atoms with Gasteiger partial charge in [-0.1, -0.05) is 23.9 Å². The normalized spacial score (nSPS) is 10.7. The summed E-state index contributed by atoms with van der Waals surface area (Å²) >= 11 is 1.47. The fraction of sp³-hybridized carbons (Fsp3) is 0.250. The predicted molar refractivity (Wildman–Crippen MR) is 108 cm³/mol. The van der Waals surface area contributed by atoms with E-state index in [1.54, 1.807) is 7.11 Å². The maximum absolute atomic E-state index is 12.9. The smallest absolute Gasteiger partial charge is 0.225 e. The van der Waals surface area contributed by atoms with Gasteiger partial charge in [0.2, 0.25) is 5.91 Å². The molecule has 0 aliphatic rings. The highest BCUT2D eigenvalue weighted by Gasteiger charge is 2.16. The average molecular weight is 400 g/mol. The van der Waals surface area contributed by atoms with Crippen LogP contribution in [-0.4, -0.2) is 33.5 Å². The van der Waals surface area contributed by atoms with Crippen LogP contribution in [0.3, 0.4) is 0 Å². The number of hydrogen-bond donors (Lipinski definition) is 1. The third-order valence-electron chi connectivity index (χ3n) is 4.07. The van der Waals surface area contributed by atoms with Crippen molar-refractivity contribution in [2.75, 3.05) is 18.2 Å². The van der Waals surface area contributed by atoms with Gasteiger partial charge in [0.1, 0.15) is 11.6 Å². The molecule has 1 aromatic heterocycles. The summed E-state index contributed by atoms with van der Waals surface area (Å²) in [5.41, 5.74) is 1.45. The van der Waals surface area contributed by atoms with Gasteiger partial charge >= 0.3 is 0 Å². The minimum atomic E-state index is -0.335. The number of rotatable bonds is 8. The average Bonchev–Trinajstić information content (AvgIpc) is 3.12. The molecule has 3 rings (SSSR count). The maximum atomic E-state index is 12.9. The molecular formula is C20H21FN4O2S. The lowest BCUT2D eigenvalue weighted by molar-refractivity contribution is -0.115. The monoisotopic (exact) mass is 400 g/mol. The number of methoxy groups -OCH3 is 1. The minimum Gasteiger partial charge on any atom is -0.496 e. The highest BCUT2D eigenvalue weighted by atomic mass is 32.2. The van der Waals surface area contributed by atoms with E-state index >= 15 is 0 Å². The topological polar surface area (TPSA) is 69.0 Å². The van der Waals surface area contributed by atoms with Crippen LogP contribution in [0.1, 0.15) is 13.3 Å². The van der Waals surface area contributed by atoms with Crippen molar-refractivity contribution in [1.82, 2.24) is 14.8 Å². The Hall–Kier alpha value is -2.87. The SMILES string of the molecule is CCn1c(SCCC(=O)Nc2ccc(F)cc2)nnc1-c1ccccc1OC. The Bertz CT molecular complexity index is 944. The first-order chi connectivity index (χ1) is 13.6. The maximum Gasteiger partial charge on any atom is 0.225 e. The van der Waals surface area contributed by atoms with E-state index in [0.29, 0.717) is 24.4 Å². The lowest BCUT2D eigenvalue weighted by Crippen LogP contribution is -2.12. The number of halogens is 1. The van der Waals surface area contributed by atoms with Crippen molar-refractivity contribution >= 4 is 23.4 Å². The van der Waals surface area contributed by atoms with E-state index in [2.05, 4.69) is 15.5 Å². The summed E-state index contributed by atoms with van der Waals surface area (Å²) in [6.07, 6.45) is 0.308. The van der Waals surface area contributed by atoms with Gasteiger partial charge in [-0.05, 0) is 43.3 Å². The second kappa shape index (κ2) is 9.36. The van der Waals surface area contributed by atoms with Gasteiger partial charge in [0, 0.05) is 24.4 Å². The Morgan fingerprint density at radius 2 is 1.93 bits per heavy atom. The van der Waals surface area contributed by atoms with Crippen molar-refractivity contribution in [3.8, 4) is 17.1 Å². The van der Waals surface area contributed by atoms with E-state index < -0.39 is 0 Å². The molecule has 0 radical (unpaired) electrons. The van der Waals surface area contributed by atoms with Crippen molar-refractivity contribution in [2.45, 2.75) is 25.0 Å². The molecule has 28 heavy (non-hydrogen) atoms. The van der Waals surface area contributed by atoms with E-state index in [1.807, 2.05) is 35.8 Å². The molecule has 2 aromatic carbocycles. The summed E-state index contributed by atoms with van der Waals surface area (Å²) in [5, 5.41) is 12.1. The molecule has 0 atom stereocenters. The summed E-state index contributed by atoms with van der Waals surface area (Å²) in [6, 6.07) is 13.4. The van der Waals surface area contributed by atoms with Crippen LogP contribution in [0, 0.1) is 5.82 Å². The summed E-state index contributed by atoms with van der Waals surface area (Å²) in [4.78, 5) is 12.1. The third kappa shape index (κ3) is 4.69. The summed E-state index contributed by atoms with van der Waals surface area (Å²) in [7, 11) is 1.63. The lowest BCUT2D eigenvalue weighted by atomic mass is 10.2. The van der Waals surface area contributed by atoms with Crippen molar-refractivity contribution in [2.24, 2.45) is 0 Å². The van der Waals surface area contributed by atoms with Crippen molar-refractivity contribution in [1.29, 1.82) is 0 Å². The molecule has 0 aliphatic heterocycles. The standard InChI is InChI=1S/C20H21FN4O2S/c1-3-25-19(16-6-4-5-7-17(16)27-2)23-24-20(25)28-13-12-18(26)22-15-10-8-14(21)9-11-15/h4-11H,3,12-13H2,1-2H3,(H,22,26). The van der Waals surface area contributed by atoms with Crippen LogP contribution in [0.25, 0.3) is 11.4 Å². The van der Waals surface area contributed by atoms with Crippen LogP contribution in [0.4, 0.5) is 10.1 Å². The molecule has 0 saturated heterocycles. The molecule has 1 heterocycles. The van der Waals surface area contributed by atoms with E-state index in [-0.39, 0.29) is 11.7 Å². The molecule has 0 spiro atoms. The number of ether oxygens (including phenoxy) is 1. The molecule has 0 bridgehead atoms. The first-order valence-corrected chi connectivity index (χ1v) is 9.85. The molecule has 0 unspecified atom stereocenters. The highest BCUT2D eigenvalue weighted by Crippen LogP contribution is 2.30. The second-order valence-corrected chi connectivity index (χ2v) is 6.97. The molecule has 1 amide bonds. The van der Waals surface area contributed by atoms with E-state index in [9.17, 15) is 9.18 Å². The third-order valence-corrected chi connectivity index (χ3v) is 5.04. The van der Waals surface area contributed by atoms with E-state index in [4.69, 9.17) is 4.74 Å². The molecule has 0 saturated carbocycles. The van der Waals surface area contributed by atoms with Crippen LogP contribution in [0.2, 0.25) is 0 Å². The Morgan fingerprint density at radius 3 is 2.64 bits per heavy atom. The molecular weight excluding hydrogens is 379 g/mol. The van der Waals surface area contributed by atoms with Gasteiger partial charge in [-0.3, -0.25) is 4.79 Å². The number of carbonyl (C=O) groups is 1. The molecule has 1 N–H and O–H groups in total. The Morgan fingerprint density at radius 1 is 1.18 bits per heavy atom. The van der Waals surface area contributed by atoms with Gasteiger partial charge in [-0.2, -0.15) is 0 Å². The van der Waals surface area contributed by atoms with Crippen molar-refractivity contribution < 1.29 is 13.9 Å².